The lowest BCUT2D eigenvalue weighted by Gasteiger charge is -2.48. The molecule has 0 bridgehead atoms. The van der Waals surface area contributed by atoms with Crippen molar-refractivity contribution in [2.75, 3.05) is 43.4 Å². The van der Waals surface area contributed by atoms with Crippen LogP contribution in [-0.2, 0) is 6.54 Å². The van der Waals surface area contributed by atoms with Crippen molar-refractivity contribution < 1.29 is 4.79 Å². The van der Waals surface area contributed by atoms with E-state index in [2.05, 4.69) is 37.0 Å². The summed E-state index contributed by atoms with van der Waals surface area (Å²) in [5, 5.41) is 0.529. The number of aromatic amines is 1. The summed E-state index contributed by atoms with van der Waals surface area (Å²) in [6.07, 6.45) is 8.64. The van der Waals surface area contributed by atoms with Crippen molar-refractivity contribution in [2.24, 2.45) is 5.84 Å². The molecule has 0 spiro atoms. The number of nitrogens with zero attached hydrogens (tertiary/aromatic N) is 5. The number of H-pyrrole nitrogens is 1. The Labute approximate surface area is 228 Å². The summed E-state index contributed by atoms with van der Waals surface area (Å²) in [4.78, 5) is 31.8. The largest absolute Gasteiger partial charge is 0.396 e. The maximum absolute atomic E-state index is 12.2. The number of carbonyl (C=O) groups is 1. The number of hydrazine groups is 1. The predicted octanol–water partition coefficient (Wildman–Crippen LogP) is 2.88. The third kappa shape index (κ3) is 5.63. The highest BCUT2D eigenvalue weighted by atomic mass is 35.5. The lowest BCUT2D eigenvalue weighted by molar-refractivity contribution is 0.0609. The normalized spacial score (nSPS) is 19.6. The molecule has 38 heavy (non-hydrogen) atoms. The van der Waals surface area contributed by atoms with Gasteiger partial charge in [0.05, 0.1) is 5.69 Å². The van der Waals surface area contributed by atoms with Gasteiger partial charge in [0.1, 0.15) is 5.82 Å². The number of imidazole rings is 1. The van der Waals surface area contributed by atoms with Crippen LogP contribution in [0.1, 0.15) is 42.1 Å². The SMILES string of the molecule is CC[C@H]1CN(c2ncc(-c3ncc[nH]3)cc2N)CCN1C1CCN(Cc2ccc(Cl)cc2C(=O)NN)CC1. The molecular weight excluding hydrogens is 502 g/mol. The van der Waals surface area contributed by atoms with Gasteiger partial charge >= 0.3 is 0 Å². The summed E-state index contributed by atoms with van der Waals surface area (Å²) in [5.74, 6) is 6.70. The number of halogens is 1. The summed E-state index contributed by atoms with van der Waals surface area (Å²) in [6.45, 7) is 7.73. The van der Waals surface area contributed by atoms with Gasteiger partial charge in [-0.1, -0.05) is 24.6 Å². The number of likely N-dealkylation sites (tertiary alicyclic amines) is 1. The molecule has 2 saturated heterocycles. The van der Waals surface area contributed by atoms with Gasteiger partial charge in [-0.3, -0.25) is 20.0 Å². The molecule has 2 aromatic heterocycles. The Kier molecular flexibility index (Phi) is 8.13. The standard InChI is InChI=1S/C27H36ClN9O/c1-2-21-17-36(26-24(29)13-19(15-33-26)25-31-7-8-32-25)11-12-37(21)22-5-9-35(10-6-22)16-18-3-4-20(28)14-23(18)27(38)34-30/h3-4,7-8,13-15,21-22H,2,5-6,9-12,16-17,29-30H2,1H3,(H,31,32)(H,34,38)/t21-/m0/s1. The van der Waals surface area contributed by atoms with Crippen LogP contribution in [0.3, 0.4) is 0 Å². The van der Waals surface area contributed by atoms with Gasteiger partial charge in [-0.25, -0.2) is 15.8 Å². The lowest BCUT2D eigenvalue weighted by Crippen LogP contribution is -2.58. The maximum atomic E-state index is 12.2. The molecule has 0 saturated carbocycles. The molecule has 0 radical (unpaired) electrons. The first-order valence-electron chi connectivity index (χ1n) is 13.2. The van der Waals surface area contributed by atoms with Crippen LogP contribution in [0.2, 0.25) is 5.02 Å². The molecule has 2 aliphatic rings. The Bertz CT molecular complexity index is 1240. The monoisotopic (exact) mass is 537 g/mol. The topological polar surface area (TPSA) is 132 Å². The number of pyridine rings is 1. The van der Waals surface area contributed by atoms with Crippen LogP contribution < -0.4 is 21.9 Å². The Morgan fingerprint density at radius 1 is 1.18 bits per heavy atom. The van der Waals surface area contributed by atoms with Gasteiger partial charge in [0.25, 0.3) is 5.91 Å². The highest BCUT2D eigenvalue weighted by molar-refractivity contribution is 6.31. The minimum Gasteiger partial charge on any atom is -0.396 e. The third-order valence-corrected chi connectivity index (χ3v) is 8.07. The minimum atomic E-state index is -0.313. The molecule has 3 aromatic rings. The zero-order chi connectivity index (χ0) is 26.6. The molecule has 1 amide bonds. The van der Waals surface area contributed by atoms with E-state index in [1.165, 1.54) is 0 Å². The van der Waals surface area contributed by atoms with Gasteiger partial charge in [-0.05, 0) is 56.1 Å². The number of rotatable bonds is 7. The first-order chi connectivity index (χ1) is 18.5. The second-order valence-corrected chi connectivity index (χ2v) is 10.5. The van der Waals surface area contributed by atoms with Crippen LogP contribution in [0, 0.1) is 0 Å². The fourth-order valence-corrected chi connectivity index (χ4v) is 6.00. The number of aromatic nitrogens is 3. The number of piperidine rings is 1. The van der Waals surface area contributed by atoms with Crippen molar-refractivity contribution in [1.82, 2.24) is 30.2 Å². The molecule has 11 heteroatoms. The van der Waals surface area contributed by atoms with Crippen LogP contribution in [-0.4, -0.2) is 75.5 Å². The number of nitrogen functional groups attached to an aromatic ring is 2. The van der Waals surface area contributed by atoms with Crippen molar-refractivity contribution in [2.45, 2.75) is 44.8 Å². The van der Waals surface area contributed by atoms with E-state index < -0.39 is 0 Å². The Morgan fingerprint density at radius 3 is 2.68 bits per heavy atom. The van der Waals surface area contributed by atoms with Crippen molar-refractivity contribution in [1.29, 1.82) is 0 Å². The fourth-order valence-electron chi connectivity index (χ4n) is 5.82. The van der Waals surface area contributed by atoms with Crippen LogP contribution in [0.4, 0.5) is 11.5 Å². The molecule has 0 aliphatic carbocycles. The molecule has 1 aromatic carbocycles. The van der Waals surface area contributed by atoms with Gasteiger partial charge in [-0.15, -0.1) is 0 Å². The molecule has 4 heterocycles. The molecule has 1 atom stereocenters. The van der Waals surface area contributed by atoms with Crippen LogP contribution in [0.25, 0.3) is 11.4 Å². The van der Waals surface area contributed by atoms with E-state index in [0.29, 0.717) is 34.9 Å². The van der Waals surface area contributed by atoms with Gasteiger partial charge < -0.3 is 15.6 Å². The number of piperazine rings is 1. The van der Waals surface area contributed by atoms with E-state index in [1.54, 1.807) is 18.5 Å². The third-order valence-electron chi connectivity index (χ3n) is 7.83. The van der Waals surface area contributed by atoms with Gasteiger partial charge in [0, 0.05) is 73.0 Å². The molecule has 2 fully saturated rings. The average molecular weight is 538 g/mol. The second-order valence-electron chi connectivity index (χ2n) is 10.1. The van der Waals surface area contributed by atoms with Crippen molar-refractivity contribution in [3.05, 3.63) is 59.0 Å². The first-order valence-corrected chi connectivity index (χ1v) is 13.6. The minimum absolute atomic E-state index is 0.313. The molecule has 2 aliphatic heterocycles. The molecule has 0 unspecified atom stereocenters. The number of anilines is 2. The summed E-state index contributed by atoms with van der Waals surface area (Å²) < 4.78 is 0. The van der Waals surface area contributed by atoms with E-state index in [0.717, 1.165) is 74.8 Å². The number of nitrogens with two attached hydrogens (primary N) is 2. The number of hydrogen-bond donors (Lipinski definition) is 4. The molecule has 5 rings (SSSR count). The van der Waals surface area contributed by atoms with E-state index >= 15 is 0 Å². The van der Waals surface area contributed by atoms with E-state index in [9.17, 15) is 4.79 Å². The quantitative estimate of drug-likeness (QED) is 0.205. The smallest absolute Gasteiger partial charge is 0.265 e. The number of amides is 1. The maximum Gasteiger partial charge on any atom is 0.265 e. The zero-order valence-corrected chi connectivity index (χ0v) is 22.5. The zero-order valence-electron chi connectivity index (χ0n) is 21.7. The molecule has 202 valence electrons. The van der Waals surface area contributed by atoms with Crippen molar-refractivity contribution in [3.63, 3.8) is 0 Å². The Morgan fingerprint density at radius 2 is 2.00 bits per heavy atom. The fraction of sp³-hybridized carbons (Fsp3) is 0.444. The van der Waals surface area contributed by atoms with E-state index in [-0.39, 0.29) is 5.91 Å². The van der Waals surface area contributed by atoms with Crippen LogP contribution >= 0.6 is 11.6 Å². The summed E-state index contributed by atoms with van der Waals surface area (Å²) >= 11 is 6.12. The second kappa shape index (κ2) is 11.7. The summed E-state index contributed by atoms with van der Waals surface area (Å²) in [5.41, 5.74) is 11.7. The van der Waals surface area contributed by atoms with Crippen molar-refractivity contribution in [3.8, 4) is 11.4 Å². The Hall–Kier alpha value is -3.18. The summed E-state index contributed by atoms with van der Waals surface area (Å²) in [7, 11) is 0. The van der Waals surface area contributed by atoms with E-state index in [1.807, 2.05) is 24.4 Å². The number of carbonyl (C=O) groups excluding carboxylic acids is 1. The predicted molar refractivity (Wildman–Crippen MR) is 151 cm³/mol. The highest BCUT2D eigenvalue weighted by Gasteiger charge is 2.34. The highest BCUT2D eigenvalue weighted by Crippen LogP contribution is 2.30. The first kappa shape index (κ1) is 26.4. The van der Waals surface area contributed by atoms with Gasteiger partial charge in [0.2, 0.25) is 0 Å². The van der Waals surface area contributed by atoms with Crippen LogP contribution in [0.5, 0.6) is 0 Å². The van der Waals surface area contributed by atoms with Gasteiger partial charge in [0.15, 0.2) is 5.82 Å². The lowest BCUT2D eigenvalue weighted by atomic mass is 9.97. The van der Waals surface area contributed by atoms with Crippen LogP contribution in [0.15, 0.2) is 42.9 Å². The van der Waals surface area contributed by atoms with E-state index in [4.69, 9.17) is 28.2 Å². The summed E-state index contributed by atoms with van der Waals surface area (Å²) in [6, 6.07) is 8.38. The molecule has 10 nitrogen and oxygen atoms in total. The molecular formula is C27H36ClN9O. The van der Waals surface area contributed by atoms with Crippen molar-refractivity contribution >= 4 is 29.0 Å². The van der Waals surface area contributed by atoms with Gasteiger partial charge in [-0.2, -0.15) is 0 Å². The number of hydrogen-bond acceptors (Lipinski definition) is 8. The average Bonchev–Trinajstić information content (AvgIpc) is 3.49. The molecule has 6 N–H and O–H groups in total. The number of nitrogens with one attached hydrogen (secondary N) is 2. The Balaban J connectivity index is 1.19. The number of benzene rings is 1.